The van der Waals surface area contributed by atoms with E-state index >= 15 is 0 Å². The highest BCUT2D eigenvalue weighted by Gasteiger charge is 2.31. The Kier molecular flexibility index (Phi) is 4.39. The molecule has 100 valence electrons. The molecular weight excluding hydrogens is 228 g/mol. The molecule has 1 aliphatic carbocycles. The van der Waals surface area contributed by atoms with E-state index in [1.54, 1.807) is 4.90 Å². The van der Waals surface area contributed by atoms with Gasteiger partial charge in [0.05, 0.1) is 6.54 Å². The quantitative estimate of drug-likeness (QED) is 0.754. The van der Waals surface area contributed by atoms with Gasteiger partial charge in [-0.25, -0.2) is 0 Å². The van der Waals surface area contributed by atoms with E-state index in [0.717, 1.165) is 25.7 Å². The molecule has 4 heteroatoms. The van der Waals surface area contributed by atoms with Gasteiger partial charge in [0.2, 0.25) is 11.8 Å². The van der Waals surface area contributed by atoms with Crippen LogP contribution in [-0.4, -0.2) is 35.8 Å². The predicted molar refractivity (Wildman–Crippen MR) is 70.0 cm³/mol. The van der Waals surface area contributed by atoms with Crippen molar-refractivity contribution in [2.24, 2.45) is 0 Å². The van der Waals surface area contributed by atoms with Gasteiger partial charge < -0.3 is 10.2 Å². The first kappa shape index (κ1) is 13.1. The standard InChI is InChI=1S/C14H22N2O2/c1-2-5-12-14(18)16(10-13(17)15-12)9-8-11-6-3-4-7-11/h6,12H,2-5,7-10H2,1H3,(H,15,17). The maximum Gasteiger partial charge on any atom is 0.245 e. The summed E-state index contributed by atoms with van der Waals surface area (Å²) in [5.74, 6) is 0.0727. The maximum absolute atomic E-state index is 12.2. The average Bonchev–Trinajstić information content (AvgIpc) is 2.85. The monoisotopic (exact) mass is 250 g/mol. The molecule has 1 saturated heterocycles. The lowest BCUT2D eigenvalue weighted by molar-refractivity contribution is -0.144. The van der Waals surface area contributed by atoms with Crippen molar-refractivity contribution < 1.29 is 9.59 Å². The number of piperazine rings is 1. The lowest BCUT2D eigenvalue weighted by atomic mass is 10.1. The van der Waals surface area contributed by atoms with Crippen LogP contribution in [0, 0.1) is 0 Å². The zero-order valence-corrected chi connectivity index (χ0v) is 11.1. The van der Waals surface area contributed by atoms with E-state index in [-0.39, 0.29) is 24.4 Å². The van der Waals surface area contributed by atoms with E-state index in [9.17, 15) is 9.59 Å². The van der Waals surface area contributed by atoms with Gasteiger partial charge in [-0.3, -0.25) is 9.59 Å². The van der Waals surface area contributed by atoms with Crippen LogP contribution in [0.4, 0.5) is 0 Å². The fourth-order valence-electron chi connectivity index (χ4n) is 2.69. The average molecular weight is 250 g/mol. The number of allylic oxidation sites excluding steroid dienone is 1. The van der Waals surface area contributed by atoms with Crippen LogP contribution in [0.5, 0.6) is 0 Å². The summed E-state index contributed by atoms with van der Waals surface area (Å²) in [6.45, 7) is 2.95. The van der Waals surface area contributed by atoms with Gasteiger partial charge in [0, 0.05) is 6.54 Å². The summed E-state index contributed by atoms with van der Waals surface area (Å²) in [5, 5.41) is 2.78. The lowest BCUT2D eigenvalue weighted by Gasteiger charge is -2.32. The van der Waals surface area contributed by atoms with Gasteiger partial charge in [0.1, 0.15) is 6.04 Å². The molecule has 0 radical (unpaired) electrons. The third kappa shape index (κ3) is 3.12. The summed E-state index contributed by atoms with van der Waals surface area (Å²) < 4.78 is 0. The molecule has 0 bridgehead atoms. The Hall–Kier alpha value is -1.32. The number of nitrogens with one attached hydrogen (secondary N) is 1. The summed E-state index contributed by atoms with van der Waals surface area (Å²) in [6, 6.07) is -0.297. The molecule has 0 saturated carbocycles. The van der Waals surface area contributed by atoms with E-state index in [4.69, 9.17) is 0 Å². The molecule has 1 unspecified atom stereocenters. The maximum atomic E-state index is 12.2. The fraction of sp³-hybridized carbons (Fsp3) is 0.714. The molecule has 0 aromatic heterocycles. The second-order valence-electron chi connectivity index (χ2n) is 5.17. The Morgan fingerprint density at radius 2 is 2.28 bits per heavy atom. The molecular formula is C14H22N2O2. The van der Waals surface area contributed by atoms with Crippen LogP contribution in [0.3, 0.4) is 0 Å². The number of hydrogen-bond acceptors (Lipinski definition) is 2. The molecule has 1 atom stereocenters. The van der Waals surface area contributed by atoms with Gasteiger partial charge in [-0.05, 0) is 32.1 Å². The van der Waals surface area contributed by atoms with E-state index < -0.39 is 0 Å². The van der Waals surface area contributed by atoms with Gasteiger partial charge in [0.15, 0.2) is 0 Å². The number of carbonyl (C=O) groups excluding carboxylic acids is 2. The predicted octanol–water partition coefficient (Wildman–Crippen LogP) is 1.61. The highest BCUT2D eigenvalue weighted by molar-refractivity contribution is 5.94. The van der Waals surface area contributed by atoms with Crippen molar-refractivity contribution >= 4 is 11.8 Å². The lowest BCUT2D eigenvalue weighted by Crippen LogP contribution is -2.58. The van der Waals surface area contributed by atoms with Gasteiger partial charge in [-0.15, -0.1) is 0 Å². The molecule has 2 amide bonds. The topological polar surface area (TPSA) is 49.4 Å². The summed E-state index contributed by atoms with van der Waals surface area (Å²) in [4.78, 5) is 25.5. The summed E-state index contributed by atoms with van der Waals surface area (Å²) in [7, 11) is 0. The van der Waals surface area contributed by atoms with Crippen LogP contribution in [0.25, 0.3) is 0 Å². The summed E-state index contributed by atoms with van der Waals surface area (Å²) in [5.41, 5.74) is 1.45. The van der Waals surface area contributed by atoms with Crippen molar-refractivity contribution in [3.8, 4) is 0 Å². The number of hydrogen-bond donors (Lipinski definition) is 1. The van der Waals surface area contributed by atoms with Crippen LogP contribution in [0.15, 0.2) is 11.6 Å². The van der Waals surface area contributed by atoms with Gasteiger partial charge in [0.25, 0.3) is 0 Å². The first-order chi connectivity index (χ1) is 8.70. The first-order valence-electron chi connectivity index (χ1n) is 6.96. The molecule has 0 aromatic rings. The molecule has 0 spiro atoms. The SMILES string of the molecule is CCCC1NC(=O)CN(CCC2=CCCC2)C1=O. The zero-order chi connectivity index (χ0) is 13.0. The number of rotatable bonds is 5. The van der Waals surface area contributed by atoms with Gasteiger partial charge in [-0.2, -0.15) is 0 Å². The molecule has 18 heavy (non-hydrogen) atoms. The molecule has 0 aromatic carbocycles. The van der Waals surface area contributed by atoms with Crippen LogP contribution in [0.2, 0.25) is 0 Å². The largest absolute Gasteiger partial charge is 0.343 e. The minimum Gasteiger partial charge on any atom is -0.343 e. The molecule has 1 heterocycles. The Bertz CT molecular complexity index is 363. The van der Waals surface area contributed by atoms with Crippen molar-refractivity contribution in [2.45, 2.75) is 51.5 Å². The third-order valence-corrected chi connectivity index (χ3v) is 3.69. The molecule has 1 N–H and O–H groups in total. The Labute approximate surface area is 108 Å². The Balaban J connectivity index is 1.89. The summed E-state index contributed by atoms with van der Waals surface area (Å²) in [6.07, 6.45) is 8.42. The highest BCUT2D eigenvalue weighted by atomic mass is 16.2. The van der Waals surface area contributed by atoms with Crippen LogP contribution in [0.1, 0.15) is 45.4 Å². The van der Waals surface area contributed by atoms with Crippen LogP contribution in [-0.2, 0) is 9.59 Å². The number of nitrogens with zero attached hydrogens (tertiary/aromatic N) is 1. The van der Waals surface area contributed by atoms with Gasteiger partial charge in [-0.1, -0.05) is 25.0 Å². The van der Waals surface area contributed by atoms with E-state index in [0.29, 0.717) is 6.54 Å². The molecule has 1 fully saturated rings. The summed E-state index contributed by atoms with van der Waals surface area (Å²) >= 11 is 0. The third-order valence-electron chi connectivity index (χ3n) is 3.69. The normalized spacial score (nSPS) is 24.2. The van der Waals surface area contributed by atoms with Crippen molar-refractivity contribution in [1.82, 2.24) is 10.2 Å². The van der Waals surface area contributed by atoms with Crippen molar-refractivity contribution in [3.05, 3.63) is 11.6 Å². The second kappa shape index (κ2) is 6.03. The molecule has 1 aliphatic heterocycles. The van der Waals surface area contributed by atoms with Crippen LogP contribution >= 0.6 is 0 Å². The van der Waals surface area contributed by atoms with Crippen molar-refractivity contribution in [3.63, 3.8) is 0 Å². The molecule has 2 aliphatic rings. The highest BCUT2D eigenvalue weighted by Crippen LogP contribution is 2.21. The zero-order valence-electron chi connectivity index (χ0n) is 11.1. The van der Waals surface area contributed by atoms with Crippen LogP contribution < -0.4 is 5.32 Å². The second-order valence-corrected chi connectivity index (χ2v) is 5.17. The number of carbonyl (C=O) groups is 2. The Morgan fingerprint density at radius 3 is 2.94 bits per heavy atom. The number of amides is 2. The minimum atomic E-state index is -0.297. The van der Waals surface area contributed by atoms with Gasteiger partial charge >= 0.3 is 0 Å². The minimum absolute atomic E-state index is 0.0200. The molecule has 2 rings (SSSR count). The molecule has 4 nitrogen and oxygen atoms in total. The van der Waals surface area contributed by atoms with E-state index in [1.807, 2.05) is 6.92 Å². The van der Waals surface area contributed by atoms with Crippen molar-refractivity contribution in [1.29, 1.82) is 0 Å². The smallest absolute Gasteiger partial charge is 0.245 e. The first-order valence-corrected chi connectivity index (χ1v) is 6.96. The van der Waals surface area contributed by atoms with Crippen molar-refractivity contribution in [2.75, 3.05) is 13.1 Å². The van der Waals surface area contributed by atoms with E-state index in [2.05, 4.69) is 11.4 Å². The van der Waals surface area contributed by atoms with E-state index in [1.165, 1.54) is 18.4 Å². The Morgan fingerprint density at radius 1 is 1.44 bits per heavy atom. The fourth-order valence-corrected chi connectivity index (χ4v) is 2.69.